The van der Waals surface area contributed by atoms with E-state index in [9.17, 15) is 14.3 Å². The van der Waals surface area contributed by atoms with Crippen LogP contribution in [0.15, 0.2) is 60.7 Å². The summed E-state index contributed by atoms with van der Waals surface area (Å²) in [6.45, 7) is 4.34. The summed E-state index contributed by atoms with van der Waals surface area (Å²) in [7, 11) is 0. The van der Waals surface area contributed by atoms with E-state index < -0.39 is 5.82 Å². The number of anilines is 2. The Labute approximate surface area is 187 Å². The number of piperazine rings is 1. The predicted molar refractivity (Wildman–Crippen MR) is 126 cm³/mol. The maximum absolute atomic E-state index is 14.9. The molecule has 6 heteroatoms. The van der Waals surface area contributed by atoms with Crippen molar-refractivity contribution in [1.82, 2.24) is 5.32 Å². The molecule has 2 fully saturated rings. The molecule has 2 aliphatic rings. The van der Waals surface area contributed by atoms with Crippen molar-refractivity contribution in [2.24, 2.45) is 0 Å². The Balaban J connectivity index is 1.48. The number of carbonyl (C=O) groups excluding carboxylic acids is 1. The molecule has 2 saturated heterocycles. The summed E-state index contributed by atoms with van der Waals surface area (Å²) in [6.07, 6.45) is 1.20. The summed E-state index contributed by atoms with van der Waals surface area (Å²) in [4.78, 5) is 15.8. The molecule has 3 aromatic rings. The molecule has 0 aromatic heterocycles. The minimum absolute atomic E-state index is 0.0501. The number of benzene rings is 3. The number of aromatic hydroxyl groups is 1. The zero-order valence-corrected chi connectivity index (χ0v) is 17.9. The predicted octanol–water partition coefficient (Wildman–Crippen LogP) is 4.40. The maximum Gasteiger partial charge on any atom is 0.227 e. The van der Waals surface area contributed by atoms with Crippen molar-refractivity contribution in [2.75, 3.05) is 42.5 Å². The minimum atomic E-state index is -0.455. The number of hydrogen-bond donors (Lipinski definition) is 2. The molecule has 2 N–H and O–H groups in total. The third kappa shape index (κ3) is 3.82. The molecule has 0 aliphatic carbocycles. The molecule has 0 spiro atoms. The Bertz CT molecular complexity index is 1160. The number of hydrogen-bond acceptors (Lipinski definition) is 4. The Kier molecular flexibility index (Phi) is 5.53. The fraction of sp³-hybridized carbons (Fsp3) is 0.269. The number of rotatable bonds is 4. The molecule has 164 valence electrons. The first-order chi connectivity index (χ1) is 15.6. The largest absolute Gasteiger partial charge is 0.507 e. The Morgan fingerprint density at radius 3 is 2.28 bits per heavy atom. The van der Waals surface area contributed by atoms with Crippen molar-refractivity contribution in [3.8, 4) is 28.0 Å². The van der Waals surface area contributed by atoms with Crippen molar-refractivity contribution < 1.29 is 14.3 Å². The standard InChI is InChI=1S/C26H26FN3O2/c27-23-17-19(9-10-24(23)30-13-3-8-25(30)31)22-7-2-6-21(26(22)32)18-4-1-5-20(16-18)29-14-11-28-12-15-29/h1-2,4-7,9-10,16-17,28,32H,3,8,11-15H2. The molecule has 0 unspecified atom stereocenters. The van der Waals surface area contributed by atoms with Gasteiger partial charge in [0, 0.05) is 56.0 Å². The molecular weight excluding hydrogens is 405 g/mol. The number of carbonyl (C=O) groups is 1. The van der Waals surface area contributed by atoms with Gasteiger partial charge in [-0.15, -0.1) is 0 Å². The lowest BCUT2D eigenvalue weighted by molar-refractivity contribution is -0.117. The lowest BCUT2D eigenvalue weighted by Gasteiger charge is -2.29. The Hall–Kier alpha value is -3.38. The number of para-hydroxylation sites is 1. The van der Waals surface area contributed by atoms with E-state index in [2.05, 4.69) is 22.3 Å². The lowest BCUT2D eigenvalue weighted by atomic mass is 9.96. The average Bonchev–Trinajstić information content (AvgIpc) is 3.25. The highest BCUT2D eigenvalue weighted by molar-refractivity contribution is 5.96. The summed E-state index contributed by atoms with van der Waals surface area (Å²) < 4.78 is 14.9. The highest BCUT2D eigenvalue weighted by atomic mass is 19.1. The van der Waals surface area contributed by atoms with Crippen LogP contribution in [0, 0.1) is 5.82 Å². The number of phenols is 1. The highest BCUT2D eigenvalue weighted by Gasteiger charge is 2.24. The van der Waals surface area contributed by atoms with Gasteiger partial charge in [0.15, 0.2) is 0 Å². The minimum Gasteiger partial charge on any atom is -0.507 e. The molecule has 3 aromatic carbocycles. The van der Waals surface area contributed by atoms with Crippen LogP contribution in [0.5, 0.6) is 5.75 Å². The van der Waals surface area contributed by atoms with Gasteiger partial charge in [-0.25, -0.2) is 4.39 Å². The van der Waals surface area contributed by atoms with Gasteiger partial charge in [0.2, 0.25) is 5.91 Å². The topological polar surface area (TPSA) is 55.8 Å². The van der Waals surface area contributed by atoms with Crippen molar-refractivity contribution in [2.45, 2.75) is 12.8 Å². The van der Waals surface area contributed by atoms with E-state index in [4.69, 9.17) is 0 Å². The van der Waals surface area contributed by atoms with Gasteiger partial charge >= 0.3 is 0 Å². The molecule has 5 nitrogen and oxygen atoms in total. The van der Waals surface area contributed by atoms with Gasteiger partial charge in [-0.3, -0.25) is 4.79 Å². The van der Waals surface area contributed by atoms with Crippen LogP contribution in [-0.4, -0.2) is 43.7 Å². The van der Waals surface area contributed by atoms with Gasteiger partial charge in [0.25, 0.3) is 0 Å². The van der Waals surface area contributed by atoms with Crippen LogP contribution in [0.1, 0.15) is 12.8 Å². The summed E-state index contributed by atoms with van der Waals surface area (Å²) in [6, 6.07) is 18.5. The van der Waals surface area contributed by atoms with Crippen molar-refractivity contribution in [1.29, 1.82) is 0 Å². The second-order valence-electron chi connectivity index (χ2n) is 8.30. The zero-order valence-electron chi connectivity index (χ0n) is 17.9. The monoisotopic (exact) mass is 431 g/mol. The second-order valence-corrected chi connectivity index (χ2v) is 8.30. The van der Waals surface area contributed by atoms with E-state index >= 15 is 0 Å². The highest BCUT2D eigenvalue weighted by Crippen LogP contribution is 2.40. The number of halogens is 1. The third-order valence-electron chi connectivity index (χ3n) is 6.30. The fourth-order valence-electron chi connectivity index (χ4n) is 4.60. The molecule has 0 radical (unpaired) electrons. The first-order valence-corrected chi connectivity index (χ1v) is 11.1. The number of amides is 1. The quantitative estimate of drug-likeness (QED) is 0.643. The van der Waals surface area contributed by atoms with E-state index in [1.165, 1.54) is 11.0 Å². The smallest absolute Gasteiger partial charge is 0.227 e. The molecule has 2 heterocycles. The van der Waals surface area contributed by atoms with Crippen LogP contribution in [0.4, 0.5) is 15.8 Å². The van der Waals surface area contributed by atoms with Gasteiger partial charge in [-0.1, -0.05) is 36.4 Å². The van der Waals surface area contributed by atoms with Crippen LogP contribution >= 0.6 is 0 Å². The first kappa shape index (κ1) is 20.5. The summed E-state index contributed by atoms with van der Waals surface area (Å²) in [5, 5.41) is 14.5. The SMILES string of the molecule is O=C1CCCN1c1ccc(-c2cccc(-c3cccc(N4CCNCC4)c3)c2O)cc1F. The summed E-state index contributed by atoms with van der Waals surface area (Å²) in [5.74, 6) is -0.386. The van der Waals surface area contributed by atoms with E-state index in [-0.39, 0.29) is 11.7 Å². The summed E-state index contributed by atoms with van der Waals surface area (Å²) in [5.41, 5.74) is 4.19. The molecular formula is C26H26FN3O2. The molecule has 0 saturated carbocycles. The van der Waals surface area contributed by atoms with E-state index in [1.807, 2.05) is 24.3 Å². The fourth-order valence-corrected chi connectivity index (χ4v) is 4.60. The van der Waals surface area contributed by atoms with Crippen molar-refractivity contribution >= 4 is 17.3 Å². The van der Waals surface area contributed by atoms with Gasteiger partial charge in [0.05, 0.1) is 5.69 Å². The van der Waals surface area contributed by atoms with Gasteiger partial charge in [-0.2, -0.15) is 0 Å². The van der Waals surface area contributed by atoms with Crippen LogP contribution < -0.4 is 15.1 Å². The molecule has 5 rings (SSSR count). The lowest BCUT2D eigenvalue weighted by Crippen LogP contribution is -2.43. The number of phenolic OH excluding ortho intramolecular Hbond substituents is 1. The summed E-state index contributed by atoms with van der Waals surface area (Å²) >= 11 is 0. The maximum atomic E-state index is 14.9. The van der Waals surface area contributed by atoms with Crippen LogP contribution in [0.2, 0.25) is 0 Å². The molecule has 2 aliphatic heterocycles. The number of nitrogens with one attached hydrogen (secondary N) is 1. The molecule has 32 heavy (non-hydrogen) atoms. The van der Waals surface area contributed by atoms with Crippen molar-refractivity contribution in [3.05, 3.63) is 66.5 Å². The van der Waals surface area contributed by atoms with Crippen LogP contribution in [0.25, 0.3) is 22.3 Å². The third-order valence-corrected chi connectivity index (χ3v) is 6.30. The normalized spacial score (nSPS) is 16.6. The van der Waals surface area contributed by atoms with Crippen LogP contribution in [0.3, 0.4) is 0 Å². The first-order valence-electron chi connectivity index (χ1n) is 11.1. The van der Waals surface area contributed by atoms with E-state index in [0.29, 0.717) is 35.3 Å². The molecule has 0 atom stereocenters. The number of nitrogens with zero attached hydrogens (tertiary/aromatic N) is 2. The van der Waals surface area contributed by atoms with Gasteiger partial charge < -0.3 is 20.2 Å². The van der Waals surface area contributed by atoms with Crippen LogP contribution in [-0.2, 0) is 4.79 Å². The van der Waals surface area contributed by atoms with E-state index in [1.54, 1.807) is 18.2 Å². The van der Waals surface area contributed by atoms with Gasteiger partial charge in [-0.05, 0) is 41.8 Å². The Morgan fingerprint density at radius 1 is 0.875 bits per heavy atom. The molecule has 0 bridgehead atoms. The van der Waals surface area contributed by atoms with Crippen molar-refractivity contribution in [3.63, 3.8) is 0 Å². The van der Waals surface area contributed by atoms with E-state index in [0.717, 1.165) is 43.9 Å². The average molecular weight is 432 g/mol. The van der Waals surface area contributed by atoms with Gasteiger partial charge in [0.1, 0.15) is 11.6 Å². The molecule has 1 amide bonds. The zero-order chi connectivity index (χ0) is 22.1. The second kappa shape index (κ2) is 8.63. The Morgan fingerprint density at radius 2 is 1.59 bits per heavy atom.